The van der Waals surface area contributed by atoms with Crippen molar-refractivity contribution in [2.45, 2.75) is 26.8 Å². The fraction of sp³-hybridized carbons (Fsp3) is 0.857. The van der Waals surface area contributed by atoms with Crippen LogP contribution in [-0.4, -0.2) is 25.3 Å². The molecular weight excluding hydrogens is 126 g/mol. The maximum atomic E-state index is 4.07. The second-order valence-corrected chi connectivity index (χ2v) is 2.65. The van der Waals surface area contributed by atoms with Crippen LogP contribution < -0.4 is 10.7 Å². The fourth-order valence-electron chi connectivity index (χ4n) is 0.591. The summed E-state index contributed by atoms with van der Waals surface area (Å²) in [5, 5.41) is 7.13. The molecule has 0 aliphatic rings. The van der Waals surface area contributed by atoms with Crippen molar-refractivity contribution in [1.82, 2.24) is 10.7 Å². The first-order chi connectivity index (χ1) is 4.66. The van der Waals surface area contributed by atoms with Crippen molar-refractivity contribution in [1.29, 1.82) is 0 Å². The number of nitrogens with one attached hydrogen (secondary N) is 2. The topological polar surface area (TPSA) is 36.4 Å². The molecule has 0 radical (unpaired) electrons. The second-order valence-electron chi connectivity index (χ2n) is 2.65. The van der Waals surface area contributed by atoms with Crippen LogP contribution in [0.25, 0.3) is 0 Å². The normalized spacial score (nSPS) is 12.4. The first-order valence-corrected chi connectivity index (χ1v) is 3.58. The van der Waals surface area contributed by atoms with E-state index in [1.54, 1.807) is 0 Å². The lowest BCUT2D eigenvalue weighted by Gasteiger charge is -2.09. The van der Waals surface area contributed by atoms with Crippen molar-refractivity contribution in [3.63, 3.8) is 0 Å². The van der Waals surface area contributed by atoms with Gasteiger partial charge in [-0.25, -0.2) is 0 Å². The Morgan fingerprint density at radius 1 is 1.50 bits per heavy atom. The molecule has 0 rings (SSSR count). The molecular formula is C7H17N3. The summed E-state index contributed by atoms with van der Waals surface area (Å²) in [4.78, 5) is 0. The van der Waals surface area contributed by atoms with Crippen molar-refractivity contribution in [3.8, 4) is 0 Å². The highest BCUT2D eigenvalue weighted by molar-refractivity contribution is 5.78. The number of likely N-dealkylation sites (N-methyl/N-ethyl adjacent to an activating group) is 1. The molecule has 2 N–H and O–H groups in total. The van der Waals surface area contributed by atoms with E-state index in [1.807, 2.05) is 20.9 Å². The summed E-state index contributed by atoms with van der Waals surface area (Å²) in [5.41, 5.74) is 4.07. The van der Waals surface area contributed by atoms with Crippen molar-refractivity contribution in [3.05, 3.63) is 0 Å². The zero-order valence-electron chi connectivity index (χ0n) is 7.23. The summed E-state index contributed by atoms with van der Waals surface area (Å²) in [6.07, 6.45) is 0. The molecule has 0 aromatic carbocycles. The second kappa shape index (κ2) is 5.23. The van der Waals surface area contributed by atoms with Gasteiger partial charge in [0.25, 0.3) is 0 Å². The molecule has 0 bridgehead atoms. The highest BCUT2D eigenvalue weighted by Crippen LogP contribution is 1.78. The lowest BCUT2D eigenvalue weighted by atomic mass is 10.4. The molecule has 0 aliphatic heterocycles. The van der Waals surface area contributed by atoms with Crippen LogP contribution in [0.3, 0.4) is 0 Å². The van der Waals surface area contributed by atoms with Crippen molar-refractivity contribution < 1.29 is 0 Å². The third kappa shape index (κ3) is 5.56. The molecule has 0 saturated heterocycles. The summed E-state index contributed by atoms with van der Waals surface area (Å²) in [6, 6.07) is 0.403. The Bertz CT molecular complexity index is 105. The number of hydrogen-bond donors (Lipinski definition) is 2. The maximum Gasteiger partial charge on any atom is 0.0536 e. The third-order valence-corrected chi connectivity index (χ3v) is 1.02. The van der Waals surface area contributed by atoms with E-state index < -0.39 is 0 Å². The predicted molar refractivity (Wildman–Crippen MR) is 45.3 cm³/mol. The predicted octanol–water partition coefficient (Wildman–Crippen LogP) is 0.580. The highest BCUT2D eigenvalue weighted by atomic mass is 15.3. The smallest absolute Gasteiger partial charge is 0.0536 e. The summed E-state index contributed by atoms with van der Waals surface area (Å²) in [5.74, 6) is 0. The van der Waals surface area contributed by atoms with E-state index in [0.717, 1.165) is 12.3 Å². The van der Waals surface area contributed by atoms with Crippen LogP contribution in [0, 0.1) is 0 Å². The quantitative estimate of drug-likeness (QED) is 0.446. The molecule has 0 amide bonds. The molecule has 3 heteroatoms. The van der Waals surface area contributed by atoms with Gasteiger partial charge in [-0.15, -0.1) is 0 Å². The number of hydrazone groups is 1. The molecule has 0 aromatic rings. The average Bonchev–Trinajstić information content (AvgIpc) is 1.85. The maximum absolute atomic E-state index is 4.07. The summed E-state index contributed by atoms with van der Waals surface area (Å²) < 4.78 is 0. The molecule has 60 valence electrons. The van der Waals surface area contributed by atoms with Gasteiger partial charge in [-0.05, 0) is 27.8 Å². The van der Waals surface area contributed by atoms with Gasteiger partial charge in [0.1, 0.15) is 0 Å². The Hall–Kier alpha value is -0.570. The van der Waals surface area contributed by atoms with Crippen LogP contribution in [0.5, 0.6) is 0 Å². The zero-order chi connectivity index (χ0) is 7.98. The Morgan fingerprint density at radius 2 is 2.10 bits per heavy atom. The van der Waals surface area contributed by atoms with Gasteiger partial charge in [0.15, 0.2) is 0 Å². The zero-order valence-corrected chi connectivity index (χ0v) is 7.23. The molecule has 0 aliphatic carbocycles. The first kappa shape index (κ1) is 9.43. The van der Waals surface area contributed by atoms with Crippen LogP contribution >= 0.6 is 0 Å². The molecule has 0 saturated carbocycles. The van der Waals surface area contributed by atoms with E-state index in [2.05, 4.69) is 22.8 Å². The third-order valence-electron chi connectivity index (χ3n) is 1.02. The Labute approximate surface area is 62.9 Å². The minimum absolute atomic E-state index is 0.403. The van der Waals surface area contributed by atoms with E-state index in [9.17, 15) is 0 Å². The largest absolute Gasteiger partial charge is 0.318 e. The Kier molecular flexibility index (Phi) is 4.94. The lowest BCUT2D eigenvalue weighted by Crippen LogP contribution is -2.31. The average molecular weight is 143 g/mol. The van der Waals surface area contributed by atoms with Crippen molar-refractivity contribution in [2.75, 3.05) is 13.6 Å². The van der Waals surface area contributed by atoms with Gasteiger partial charge in [-0.2, -0.15) is 5.10 Å². The van der Waals surface area contributed by atoms with E-state index in [4.69, 9.17) is 0 Å². The van der Waals surface area contributed by atoms with Crippen LogP contribution in [-0.2, 0) is 0 Å². The molecule has 0 heterocycles. The number of rotatable bonds is 4. The molecule has 0 aromatic heterocycles. The number of hydrogen-bond acceptors (Lipinski definition) is 3. The Balaban J connectivity index is 3.38. The first-order valence-electron chi connectivity index (χ1n) is 3.58. The molecule has 10 heavy (non-hydrogen) atoms. The van der Waals surface area contributed by atoms with Crippen LogP contribution in [0.4, 0.5) is 0 Å². The summed E-state index contributed by atoms with van der Waals surface area (Å²) in [6.45, 7) is 6.97. The van der Waals surface area contributed by atoms with Gasteiger partial charge >= 0.3 is 0 Å². The van der Waals surface area contributed by atoms with Crippen molar-refractivity contribution >= 4 is 5.71 Å². The van der Waals surface area contributed by atoms with Gasteiger partial charge in [0.2, 0.25) is 0 Å². The fourth-order valence-corrected chi connectivity index (χ4v) is 0.591. The van der Waals surface area contributed by atoms with E-state index in [-0.39, 0.29) is 0 Å². The monoisotopic (exact) mass is 143 g/mol. The van der Waals surface area contributed by atoms with Crippen molar-refractivity contribution in [2.24, 2.45) is 5.10 Å². The minimum Gasteiger partial charge on any atom is -0.318 e. The van der Waals surface area contributed by atoms with E-state index in [0.29, 0.717) is 6.04 Å². The van der Waals surface area contributed by atoms with Crippen LogP contribution in [0.2, 0.25) is 0 Å². The molecule has 3 nitrogen and oxygen atoms in total. The number of nitrogens with zero attached hydrogens (tertiary/aromatic N) is 1. The van der Waals surface area contributed by atoms with Crippen LogP contribution in [0.15, 0.2) is 5.10 Å². The van der Waals surface area contributed by atoms with Gasteiger partial charge < -0.3 is 10.7 Å². The van der Waals surface area contributed by atoms with Gasteiger partial charge in [-0.3, -0.25) is 0 Å². The highest BCUT2D eigenvalue weighted by Gasteiger charge is 1.94. The lowest BCUT2D eigenvalue weighted by molar-refractivity contribution is 0.543. The molecule has 0 fully saturated rings. The molecule has 0 spiro atoms. The van der Waals surface area contributed by atoms with Crippen LogP contribution in [0.1, 0.15) is 20.8 Å². The summed E-state index contributed by atoms with van der Waals surface area (Å²) >= 11 is 0. The van der Waals surface area contributed by atoms with E-state index in [1.165, 1.54) is 0 Å². The molecule has 1 unspecified atom stereocenters. The van der Waals surface area contributed by atoms with Gasteiger partial charge in [-0.1, -0.05) is 0 Å². The van der Waals surface area contributed by atoms with E-state index >= 15 is 0 Å². The summed E-state index contributed by atoms with van der Waals surface area (Å²) in [7, 11) is 1.93. The standard InChI is InChI=1S/C7H17N3/c1-6(2)9-10-7(3)5-8-4/h7-8,10H,5H2,1-4H3. The van der Waals surface area contributed by atoms with Gasteiger partial charge in [0, 0.05) is 12.3 Å². The molecule has 1 atom stereocenters. The Morgan fingerprint density at radius 3 is 2.50 bits per heavy atom. The minimum atomic E-state index is 0.403. The SMILES string of the molecule is CNCC(C)NN=C(C)C. The van der Waals surface area contributed by atoms with Gasteiger partial charge in [0.05, 0.1) is 6.04 Å².